The van der Waals surface area contributed by atoms with Crippen molar-refractivity contribution in [3.8, 4) is 11.3 Å². The number of hydrogen-bond acceptors (Lipinski definition) is 3. The number of nitrogens with one attached hydrogen (secondary N) is 1. The van der Waals surface area contributed by atoms with Gasteiger partial charge in [0.05, 0.1) is 0 Å². The largest absolute Gasteiger partial charge is 0.353 e. The summed E-state index contributed by atoms with van der Waals surface area (Å²) >= 11 is 0. The van der Waals surface area contributed by atoms with Crippen LogP contribution in [0.25, 0.3) is 16.9 Å². The van der Waals surface area contributed by atoms with Crippen LogP contribution in [0.2, 0.25) is 0 Å². The standard InChI is InChI=1S/C20H24N4/c1-14-4-7-17(8-5-14)19-20(23-12-10-21-11-13-23)24-16(3)15(2)6-9-18(24)22-19/h4-9,21H,10-13H2,1-3H3. The predicted molar refractivity (Wildman–Crippen MR) is 99.9 cm³/mol. The maximum atomic E-state index is 4.99. The Bertz CT molecular complexity index is 871. The molecule has 0 unspecified atom stereocenters. The Kier molecular flexibility index (Phi) is 3.77. The highest BCUT2D eigenvalue weighted by atomic mass is 15.3. The number of aromatic nitrogens is 2. The third kappa shape index (κ3) is 2.47. The van der Waals surface area contributed by atoms with Crippen molar-refractivity contribution in [3.63, 3.8) is 0 Å². The van der Waals surface area contributed by atoms with E-state index in [0.29, 0.717) is 0 Å². The first-order valence-corrected chi connectivity index (χ1v) is 8.66. The van der Waals surface area contributed by atoms with E-state index < -0.39 is 0 Å². The van der Waals surface area contributed by atoms with Gasteiger partial charge in [0, 0.05) is 37.4 Å². The molecule has 0 atom stereocenters. The maximum Gasteiger partial charge on any atom is 0.141 e. The summed E-state index contributed by atoms with van der Waals surface area (Å²) in [6, 6.07) is 13.0. The average molecular weight is 320 g/mol. The zero-order chi connectivity index (χ0) is 16.7. The molecule has 4 rings (SSSR count). The zero-order valence-corrected chi connectivity index (χ0v) is 14.6. The van der Waals surface area contributed by atoms with Crippen LogP contribution in [0.3, 0.4) is 0 Å². The van der Waals surface area contributed by atoms with Gasteiger partial charge in [-0.3, -0.25) is 4.40 Å². The lowest BCUT2D eigenvalue weighted by Gasteiger charge is -2.30. The summed E-state index contributed by atoms with van der Waals surface area (Å²) in [5, 5.41) is 3.45. The van der Waals surface area contributed by atoms with Gasteiger partial charge in [-0.25, -0.2) is 4.98 Å². The third-order valence-corrected chi connectivity index (χ3v) is 5.01. The Morgan fingerprint density at radius 2 is 1.62 bits per heavy atom. The topological polar surface area (TPSA) is 32.6 Å². The number of anilines is 1. The van der Waals surface area contributed by atoms with Crippen molar-refractivity contribution in [3.05, 3.63) is 53.2 Å². The first-order chi connectivity index (χ1) is 11.6. The highest BCUT2D eigenvalue weighted by Gasteiger charge is 2.22. The molecular weight excluding hydrogens is 296 g/mol. The van der Waals surface area contributed by atoms with Crippen molar-refractivity contribution in [1.29, 1.82) is 0 Å². The van der Waals surface area contributed by atoms with Crippen LogP contribution in [0.5, 0.6) is 0 Å². The quantitative estimate of drug-likeness (QED) is 0.786. The molecule has 1 fully saturated rings. The summed E-state index contributed by atoms with van der Waals surface area (Å²) in [7, 11) is 0. The second-order valence-corrected chi connectivity index (χ2v) is 6.68. The Morgan fingerprint density at radius 3 is 2.33 bits per heavy atom. The van der Waals surface area contributed by atoms with Crippen molar-refractivity contribution >= 4 is 11.5 Å². The van der Waals surface area contributed by atoms with Crippen molar-refractivity contribution in [2.24, 2.45) is 0 Å². The SMILES string of the molecule is Cc1ccc(-c2nc3ccc(C)c(C)n3c2N2CCNCC2)cc1. The molecule has 1 saturated heterocycles. The van der Waals surface area contributed by atoms with Gasteiger partial charge in [0.15, 0.2) is 0 Å². The van der Waals surface area contributed by atoms with Crippen molar-refractivity contribution < 1.29 is 0 Å². The Morgan fingerprint density at radius 1 is 0.917 bits per heavy atom. The van der Waals surface area contributed by atoms with Gasteiger partial charge < -0.3 is 10.2 Å². The first-order valence-electron chi connectivity index (χ1n) is 8.66. The van der Waals surface area contributed by atoms with Gasteiger partial charge in [-0.05, 0) is 32.4 Å². The van der Waals surface area contributed by atoms with Crippen LogP contribution in [0.4, 0.5) is 5.82 Å². The van der Waals surface area contributed by atoms with Gasteiger partial charge in [0.2, 0.25) is 0 Å². The van der Waals surface area contributed by atoms with E-state index in [-0.39, 0.29) is 0 Å². The zero-order valence-electron chi connectivity index (χ0n) is 14.6. The summed E-state index contributed by atoms with van der Waals surface area (Å²) in [5.74, 6) is 1.23. The Hall–Kier alpha value is -2.33. The third-order valence-electron chi connectivity index (χ3n) is 5.01. The molecule has 4 nitrogen and oxygen atoms in total. The summed E-state index contributed by atoms with van der Waals surface area (Å²) in [6.07, 6.45) is 0. The molecule has 0 radical (unpaired) electrons. The molecular formula is C20H24N4. The second-order valence-electron chi connectivity index (χ2n) is 6.68. The van der Waals surface area contributed by atoms with E-state index in [1.165, 1.54) is 28.2 Å². The average Bonchev–Trinajstić information content (AvgIpc) is 3.00. The van der Waals surface area contributed by atoms with Crippen molar-refractivity contribution in [1.82, 2.24) is 14.7 Å². The normalized spacial score (nSPS) is 15.2. The number of fused-ring (bicyclic) bond motifs is 1. The minimum atomic E-state index is 1.01. The summed E-state index contributed by atoms with van der Waals surface area (Å²) in [4.78, 5) is 7.46. The van der Waals surface area contributed by atoms with Gasteiger partial charge >= 0.3 is 0 Å². The molecule has 24 heavy (non-hydrogen) atoms. The lowest BCUT2D eigenvalue weighted by molar-refractivity contribution is 0.583. The highest BCUT2D eigenvalue weighted by Crippen LogP contribution is 2.33. The molecule has 1 N–H and O–H groups in total. The predicted octanol–water partition coefficient (Wildman–Crippen LogP) is 3.34. The molecule has 3 aromatic rings. The molecule has 4 heteroatoms. The molecule has 0 saturated carbocycles. The smallest absolute Gasteiger partial charge is 0.141 e. The van der Waals surface area contributed by atoms with Gasteiger partial charge in [0.1, 0.15) is 17.2 Å². The van der Waals surface area contributed by atoms with Crippen LogP contribution >= 0.6 is 0 Å². The maximum absolute atomic E-state index is 4.99. The fourth-order valence-corrected chi connectivity index (χ4v) is 3.44. The Labute approximate surface area is 143 Å². The number of nitrogens with zero attached hydrogens (tertiary/aromatic N) is 3. The van der Waals surface area contributed by atoms with E-state index in [4.69, 9.17) is 4.98 Å². The van der Waals surface area contributed by atoms with Crippen LogP contribution in [0.1, 0.15) is 16.8 Å². The van der Waals surface area contributed by atoms with Crippen LogP contribution in [0, 0.1) is 20.8 Å². The number of aryl methyl sites for hydroxylation is 3. The van der Waals surface area contributed by atoms with Crippen LogP contribution in [-0.4, -0.2) is 35.6 Å². The summed E-state index contributed by atoms with van der Waals surface area (Å²) < 4.78 is 2.33. The number of imidazole rings is 1. The lowest BCUT2D eigenvalue weighted by Crippen LogP contribution is -2.44. The Balaban J connectivity index is 1.98. The molecule has 0 amide bonds. The van der Waals surface area contributed by atoms with E-state index in [0.717, 1.165) is 37.5 Å². The molecule has 124 valence electrons. The van der Waals surface area contributed by atoms with Gasteiger partial charge in [0.25, 0.3) is 0 Å². The number of pyridine rings is 1. The number of piperazine rings is 1. The fraction of sp³-hybridized carbons (Fsp3) is 0.350. The number of hydrogen-bond donors (Lipinski definition) is 1. The highest BCUT2D eigenvalue weighted by molar-refractivity contribution is 5.78. The molecule has 0 aliphatic carbocycles. The van der Waals surface area contributed by atoms with Crippen molar-refractivity contribution in [2.75, 3.05) is 31.1 Å². The van der Waals surface area contributed by atoms with Gasteiger partial charge in [-0.1, -0.05) is 35.9 Å². The second kappa shape index (κ2) is 5.95. The number of rotatable bonds is 2. The molecule has 1 aromatic carbocycles. The molecule has 2 aromatic heterocycles. The van der Waals surface area contributed by atoms with Crippen LogP contribution in [-0.2, 0) is 0 Å². The molecule has 1 aliphatic rings. The van der Waals surface area contributed by atoms with E-state index in [2.05, 4.69) is 71.8 Å². The summed E-state index contributed by atoms with van der Waals surface area (Å²) in [5.41, 5.74) is 7.15. The monoisotopic (exact) mass is 320 g/mol. The van der Waals surface area contributed by atoms with E-state index >= 15 is 0 Å². The van der Waals surface area contributed by atoms with Crippen LogP contribution in [0.15, 0.2) is 36.4 Å². The fourth-order valence-electron chi connectivity index (χ4n) is 3.44. The van der Waals surface area contributed by atoms with E-state index in [1.807, 2.05) is 0 Å². The van der Waals surface area contributed by atoms with Gasteiger partial charge in [-0.15, -0.1) is 0 Å². The van der Waals surface area contributed by atoms with E-state index in [1.54, 1.807) is 0 Å². The van der Waals surface area contributed by atoms with Crippen LogP contribution < -0.4 is 10.2 Å². The minimum Gasteiger partial charge on any atom is -0.353 e. The molecule has 1 aliphatic heterocycles. The molecule has 0 spiro atoms. The first kappa shape index (κ1) is 15.2. The molecule has 0 bridgehead atoms. The lowest BCUT2D eigenvalue weighted by atomic mass is 10.1. The molecule has 3 heterocycles. The minimum absolute atomic E-state index is 1.01. The van der Waals surface area contributed by atoms with Gasteiger partial charge in [-0.2, -0.15) is 0 Å². The summed E-state index contributed by atoms with van der Waals surface area (Å²) in [6.45, 7) is 10.5. The number of benzene rings is 1. The van der Waals surface area contributed by atoms with E-state index in [9.17, 15) is 0 Å². The van der Waals surface area contributed by atoms with Crippen molar-refractivity contribution in [2.45, 2.75) is 20.8 Å².